The fourth-order valence-corrected chi connectivity index (χ4v) is 1.76. The molecule has 0 radical (unpaired) electrons. The van der Waals surface area contributed by atoms with E-state index < -0.39 is 12.6 Å². The van der Waals surface area contributed by atoms with E-state index in [4.69, 9.17) is 9.47 Å². The Hall–Kier alpha value is -1.39. The highest BCUT2D eigenvalue weighted by Crippen LogP contribution is 2.26. The number of nitrogens with zero attached hydrogens (tertiary/aromatic N) is 1. The number of hydrogen-bond donors (Lipinski definition) is 2. The molecule has 0 aliphatic heterocycles. The molecule has 0 aliphatic rings. The minimum absolute atomic E-state index is 0. The molecular formula is C15H23F3IN3O2. The van der Waals surface area contributed by atoms with Crippen LogP contribution in [0.1, 0.15) is 13.3 Å². The number of methoxy groups -OCH3 is 1. The Balaban J connectivity index is 0.00000529. The number of rotatable bonds is 7. The van der Waals surface area contributed by atoms with E-state index in [9.17, 15) is 13.2 Å². The molecule has 24 heavy (non-hydrogen) atoms. The van der Waals surface area contributed by atoms with E-state index in [2.05, 4.69) is 15.6 Å². The molecule has 0 spiro atoms. The number of benzene rings is 1. The first kappa shape index (κ1) is 22.6. The highest BCUT2D eigenvalue weighted by Gasteiger charge is 2.26. The first-order valence-electron chi connectivity index (χ1n) is 7.16. The molecule has 1 aromatic carbocycles. The quantitative estimate of drug-likeness (QED) is 0.372. The predicted molar refractivity (Wildman–Crippen MR) is 98.5 cm³/mol. The van der Waals surface area contributed by atoms with E-state index in [0.717, 1.165) is 0 Å². The highest BCUT2D eigenvalue weighted by atomic mass is 127. The van der Waals surface area contributed by atoms with Gasteiger partial charge in [0.05, 0.1) is 20.1 Å². The Bertz CT molecular complexity index is 513. The maximum Gasteiger partial charge on any atom is 0.390 e. The van der Waals surface area contributed by atoms with Crippen molar-refractivity contribution in [2.45, 2.75) is 25.6 Å². The number of alkyl halides is 3. The summed E-state index contributed by atoms with van der Waals surface area (Å²) in [6.45, 7) is 1.98. The van der Waals surface area contributed by atoms with Gasteiger partial charge in [0.1, 0.15) is 6.10 Å². The summed E-state index contributed by atoms with van der Waals surface area (Å²) in [6.07, 6.45) is -5.33. The van der Waals surface area contributed by atoms with Crippen LogP contribution in [-0.2, 0) is 0 Å². The monoisotopic (exact) mass is 461 g/mol. The topological polar surface area (TPSA) is 54.9 Å². The third-order valence-corrected chi connectivity index (χ3v) is 2.88. The summed E-state index contributed by atoms with van der Waals surface area (Å²) < 4.78 is 47.2. The maximum atomic E-state index is 12.1. The first-order valence-corrected chi connectivity index (χ1v) is 7.16. The summed E-state index contributed by atoms with van der Waals surface area (Å²) in [4.78, 5) is 3.87. The lowest BCUT2D eigenvalue weighted by Gasteiger charge is -2.19. The Morgan fingerprint density at radius 2 is 1.83 bits per heavy atom. The molecule has 1 aromatic rings. The minimum atomic E-state index is -4.19. The summed E-state index contributed by atoms with van der Waals surface area (Å²) in [5, 5.41) is 5.53. The van der Waals surface area contributed by atoms with Gasteiger partial charge in [0.15, 0.2) is 17.5 Å². The van der Waals surface area contributed by atoms with Crippen LogP contribution in [0.3, 0.4) is 0 Å². The molecule has 1 atom stereocenters. The van der Waals surface area contributed by atoms with Gasteiger partial charge < -0.3 is 20.1 Å². The largest absolute Gasteiger partial charge is 0.493 e. The van der Waals surface area contributed by atoms with Crippen LogP contribution >= 0.6 is 24.0 Å². The van der Waals surface area contributed by atoms with Gasteiger partial charge in [0.2, 0.25) is 0 Å². The van der Waals surface area contributed by atoms with E-state index in [1.54, 1.807) is 19.2 Å². The zero-order chi connectivity index (χ0) is 17.3. The fraction of sp³-hybridized carbons (Fsp3) is 0.533. The molecule has 5 nitrogen and oxygen atoms in total. The van der Waals surface area contributed by atoms with Crippen molar-refractivity contribution in [2.75, 3.05) is 27.2 Å². The van der Waals surface area contributed by atoms with Gasteiger partial charge in [-0.1, -0.05) is 12.1 Å². The molecule has 0 aliphatic carbocycles. The highest BCUT2D eigenvalue weighted by molar-refractivity contribution is 14.0. The van der Waals surface area contributed by atoms with E-state index >= 15 is 0 Å². The number of nitrogens with one attached hydrogen (secondary N) is 2. The maximum absolute atomic E-state index is 12.1. The standard InChI is InChI=1S/C15H22F3N3O2.HI/c1-11(23-13-7-5-4-6-12(13)22-3)10-21-14(19-2)20-9-8-15(16,17)18;/h4-7,11H,8-10H2,1-3H3,(H2,19,20,21);1H. The van der Waals surface area contributed by atoms with Gasteiger partial charge in [-0.3, -0.25) is 4.99 Å². The molecule has 138 valence electrons. The Kier molecular flexibility index (Phi) is 10.6. The smallest absolute Gasteiger partial charge is 0.390 e. The number of ether oxygens (including phenoxy) is 2. The average Bonchev–Trinajstić information content (AvgIpc) is 2.50. The van der Waals surface area contributed by atoms with Gasteiger partial charge in [-0.05, 0) is 19.1 Å². The van der Waals surface area contributed by atoms with Crippen LogP contribution in [0.4, 0.5) is 13.2 Å². The summed E-state index contributed by atoms with van der Waals surface area (Å²) in [5.74, 6) is 1.51. The van der Waals surface area contributed by atoms with Crippen molar-refractivity contribution >= 4 is 29.9 Å². The van der Waals surface area contributed by atoms with Crippen molar-refractivity contribution in [3.63, 3.8) is 0 Å². The number of halogens is 4. The fourth-order valence-electron chi connectivity index (χ4n) is 1.76. The molecule has 9 heteroatoms. The molecule has 0 fully saturated rings. The third kappa shape index (κ3) is 9.04. The van der Waals surface area contributed by atoms with Crippen LogP contribution < -0.4 is 20.1 Å². The van der Waals surface area contributed by atoms with Crippen molar-refractivity contribution in [3.8, 4) is 11.5 Å². The zero-order valence-corrected chi connectivity index (χ0v) is 16.1. The van der Waals surface area contributed by atoms with Crippen LogP contribution in [0, 0.1) is 0 Å². The van der Waals surface area contributed by atoms with Crippen LogP contribution in [0.15, 0.2) is 29.3 Å². The molecule has 1 unspecified atom stereocenters. The summed E-state index contributed by atoms with van der Waals surface area (Å²) in [5.41, 5.74) is 0. The normalized spacial score (nSPS) is 12.8. The molecule has 0 heterocycles. The predicted octanol–water partition coefficient (Wildman–Crippen LogP) is 3.20. The summed E-state index contributed by atoms with van der Waals surface area (Å²) in [6, 6.07) is 7.23. The summed E-state index contributed by atoms with van der Waals surface area (Å²) >= 11 is 0. The first-order chi connectivity index (χ1) is 10.9. The minimum Gasteiger partial charge on any atom is -0.493 e. The van der Waals surface area contributed by atoms with Crippen LogP contribution in [0.25, 0.3) is 0 Å². The lowest BCUT2D eigenvalue weighted by Crippen LogP contribution is -2.42. The molecular weight excluding hydrogens is 438 g/mol. The lowest BCUT2D eigenvalue weighted by atomic mass is 10.3. The number of aliphatic imine (C=N–C) groups is 1. The number of guanidine groups is 1. The lowest BCUT2D eigenvalue weighted by molar-refractivity contribution is -0.132. The van der Waals surface area contributed by atoms with E-state index in [-0.39, 0.29) is 36.6 Å². The van der Waals surface area contributed by atoms with Crippen molar-refractivity contribution in [1.29, 1.82) is 0 Å². The van der Waals surface area contributed by atoms with Gasteiger partial charge in [-0.2, -0.15) is 13.2 Å². The second-order valence-corrected chi connectivity index (χ2v) is 4.82. The number of para-hydroxylation sites is 2. The van der Waals surface area contributed by atoms with Crippen LogP contribution in [0.2, 0.25) is 0 Å². The van der Waals surface area contributed by atoms with Crippen molar-refractivity contribution in [2.24, 2.45) is 4.99 Å². The van der Waals surface area contributed by atoms with Gasteiger partial charge in [0.25, 0.3) is 0 Å². The molecule has 0 saturated heterocycles. The van der Waals surface area contributed by atoms with E-state index in [1.807, 2.05) is 19.1 Å². The van der Waals surface area contributed by atoms with Crippen molar-refractivity contribution in [3.05, 3.63) is 24.3 Å². The zero-order valence-electron chi connectivity index (χ0n) is 13.8. The van der Waals surface area contributed by atoms with Gasteiger partial charge >= 0.3 is 6.18 Å². The Morgan fingerprint density at radius 1 is 1.21 bits per heavy atom. The van der Waals surface area contributed by atoms with Crippen molar-refractivity contribution in [1.82, 2.24) is 10.6 Å². The average molecular weight is 461 g/mol. The third-order valence-electron chi connectivity index (χ3n) is 2.88. The van der Waals surface area contributed by atoms with Crippen LogP contribution in [-0.4, -0.2) is 45.5 Å². The van der Waals surface area contributed by atoms with Crippen LogP contribution in [0.5, 0.6) is 11.5 Å². The second kappa shape index (κ2) is 11.2. The van der Waals surface area contributed by atoms with Crippen molar-refractivity contribution < 1.29 is 22.6 Å². The molecule has 0 aromatic heterocycles. The SMILES string of the molecule is CN=C(NCCC(F)(F)F)NCC(C)Oc1ccccc1OC.I. The Morgan fingerprint density at radius 3 is 2.38 bits per heavy atom. The van der Waals surface area contributed by atoms with E-state index in [0.29, 0.717) is 24.0 Å². The molecule has 0 amide bonds. The van der Waals surface area contributed by atoms with Gasteiger partial charge in [-0.15, -0.1) is 24.0 Å². The summed E-state index contributed by atoms with van der Waals surface area (Å²) in [7, 11) is 3.05. The molecule has 0 bridgehead atoms. The second-order valence-electron chi connectivity index (χ2n) is 4.82. The van der Waals surface area contributed by atoms with Gasteiger partial charge in [-0.25, -0.2) is 0 Å². The molecule has 1 rings (SSSR count). The molecule has 0 saturated carbocycles. The van der Waals surface area contributed by atoms with E-state index in [1.165, 1.54) is 7.05 Å². The molecule has 2 N–H and O–H groups in total. The number of hydrogen-bond acceptors (Lipinski definition) is 3. The Labute approximate surface area is 157 Å². The van der Waals surface area contributed by atoms with Gasteiger partial charge in [0, 0.05) is 13.6 Å².